The molecule has 4 fully saturated rings. The predicted octanol–water partition coefficient (Wildman–Crippen LogP) is 6.86. The molecule has 2 saturated heterocycles. The molecule has 0 radical (unpaired) electrons. The molecule has 2 aliphatic carbocycles. The number of benzene rings is 1. The van der Waals surface area contributed by atoms with E-state index in [1.165, 1.54) is 45.0 Å². The Balaban J connectivity index is 0.997. The quantitative estimate of drug-likeness (QED) is 0.108. The van der Waals surface area contributed by atoms with Crippen molar-refractivity contribution in [1.29, 1.82) is 0 Å². The van der Waals surface area contributed by atoms with Crippen LogP contribution >= 0.6 is 0 Å². The molecule has 0 unspecified atom stereocenters. The average Bonchev–Trinajstić information content (AvgIpc) is 3.86. The Kier molecular flexibility index (Phi) is 9.94. The third kappa shape index (κ3) is 7.61. The van der Waals surface area contributed by atoms with Crippen LogP contribution in [0.4, 0.5) is 17.2 Å². The summed E-state index contributed by atoms with van der Waals surface area (Å²) in [5.41, 5.74) is 1.41. The van der Waals surface area contributed by atoms with Gasteiger partial charge in [-0.1, -0.05) is 32.6 Å². The second-order valence-electron chi connectivity index (χ2n) is 15.9. The summed E-state index contributed by atoms with van der Waals surface area (Å²) in [6, 6.07) is 10.5. The van der Waals surface area contributed by atoms with E-state index in [4.69, 9.17) is 4.74 Å². The van der Waals surface area contributed by atoms with E-state index in [9.17, 15) is 23.3 Å². The molecule has 2 saturated carbocycles. The Morgan fingerprint density at radius 1 is 1.02 bits per heavy atom. The summed E-state index contributed by atoms with van der Waals surface area (Å²) in [6.07, 6.45) is 16.0. The molecule has 4 aromatic rings. The molecule has 15 heteroatoms. The van der Waals surface area contributed by atoms with Gasteiger partial charge in [0.15, 0.2) is 0 Å². The van der Waals surface area contributed by atoms with Crippen LogP contribution in [0.1, 0.15) is 81.5 Å². The predicted molar refractivity (Wildman–Crippen MR) is 205 cm³/mol. The lowest BCUT2D eigenvalue weighted by molar-refractivity contribution is -0.384. The van der Waals surface area contributed by atoms with Crippen LogP contribution in [0.3, 0.4) is 0 Å². The molecular formula is C39H48N8O6S. The number of nitro groups is 1. The van der Waals surface area contributed by atoms with Crippen LogP contribution in [-0.2, 0) is 10.0 Å². The van der Waals surface area contributed by atoms with Crippen molar-refractivity contribution in [2.45, 2.75) is 82.1 Å². The monoisotopic (exact) mass is 756 g/mol. The molecule has 3 aromatic heterocycles. The molecule has 3 N–H and O–H groups in total. The minimum absolute atomic E-state index is 0.00439. The highest BCUT2D eigenvalue weighted by atomic mass is 32.2. The fourth-order valence-electron chi connectivity index (χ4n) is 8.85. The van der Waals surface area contributed by atoms with Gasteiger partial charge in [0.1, 0.15) is 22.0 Å². The second kappa shape index (κ2) is 14.8. The molecule has 0 bridgehead atoms. The van der Waals surface area contributed by atoms with E-state index >= 15 is 0 Å². The Morgan fingerprint density at radius 2 is 1.78 bits per heavy atom. The van der Waals surface area contributed by atoms with Crippen molar-refractivity contribution in [2.75, 3.05) is 42.9 Å². The van der Waals surface area contributed by atoms with Crippen LogP contribution < -0.4 is 19.7 Å². The number of pyridine rings is 2. The summed E-state index contributed by atoms with van der Waals surface area (Å²) < 4.78 is 35.5. The maximum absolute atomic E-state index is 13.8. The van der Waals surface area contributed by atoms with Gasteiger partial charge >= 0.3 is 5.69 Å². The van der Waals surface area contributed by atoms with Gasteiger partial charge < -0.3 is 19.9 Å². The van der Waals surface area contributed by atoms with Crippen molar-refractivity contribution in [3.8, 4) is 11.5 Å². The molecule has 2 aliphatic heterocycles. The van der Waals surface area contributed by atoms with Gasteiger partial charge in [0.05, 0.1) is 22.9 Å². The maximum Gasteiger partial charge on any atom is 0.312 e. The number of piperidine rings is 1. The number of nitrogens with zero attached hydrogens (tertiary/aromatic N) is 5. The molecule has 4 aliphatic rings. The number of aromatic nitrogens is 3. The molecule has 14 nitrogen and oxygen atoms in total. The molecular weight excluding hydrogens is 709 g/mol. The van der Waals surface area contributed by atoms with Crippen molar-refractivity contribution in [1.82, 2.24) is 24.6 Å². The number of H-pyrrole nitrogens is 1. The topological polar surface area (TPSA) is 176 Å². The van der Waals surface area contributed by atoms with E-state index in [-0.39, 0.29) is 17.1 Å². The molecule has 1 amide bonds. The summed E-state index contributed by atoms with van der Waals surface area (Å²) in [6.45, 7) is 6.79. The second-order valence-corrected chi connectivity index (χ2v) is 17.6. The number of rotatable bonds is 11. The number of anilines is 2. The third-order valence-electron chi connectivity index (χ3n) is 12.2. The number of hydrogen-bond donors (Lipinski definition) is 3. The Bertz CT molecular complexity index is 2130. The van der Waals surface area contributed by atoms with Crippen molar-refractivity contribution < 1.29 is 22.9 Å². The largest absolute Gasteiger partial charge is 0.455 e. The number of aromatic amines is 1. The number of fused-ring (bicyclic) bond motifs is 1. The first-order valence-electron chi connectivity index (χ1n) is 19.2. The standard InChI is InChI=1S/C39H48N8O6S/c1-26-6-8-27(9-7-26)21-41-37-34(47(49)50)20-32(23-43-37)54(51,52)44-38(48)33-11-10-30(19-35(33)53-31-18-28-12-15-40-36(28)42-22-31)45-16-13-39(14-17-45)24-46(25-39)29-4-2-3-5-29/h10-12,15,18-20,22-23,26-27,29H,2-9,13-14,16-17,21,24-25H2,1H3,(H,40,42)(H,41,43)(H,44,48). The molecule has 0 atom stereocenters. The SMILES string of the molecule is CC1CCC(CNc2ncc(S(=O)(=O)NC(=O)c3ccc(N4CCC5(CC4)CN(C4CCCC4)C5)cc3Oc3cnc4[nH]ccc4c3)cc2[N+](=O)[O-])CC1. The number of sulfonamides is 1. The van der Waals surface area contributed by atoms with Crippen LogP contribution in [-0.4, -0.2) is 77.9 Å². The summed E-state index contributed by atoms with van der Waals surface area (Å²) >= 11 is 0. The van der Waals surface area contributed by atoms with Gasteiger partial charge in [-0.2, -0.15) is 0 Å². The van der Waals surface area contributed by atoms with E-state index < -0.39 is 31.4 Å². The summed E-state index contributed by atoms with van der Waals surface area (Å²) in [4.78, 5) is 41.2. The first-order chi connectivity index (χ1) is 26.0. The summed E-state index contributed by atoms with van der Waals surface area (Å²) in [5.74, 6) is 0.616. The average molecular weight is 757 g/mol. The molecule has 5 heterocycles. The lowest BCUT2D eigenvalue weighted by atomic mass is 9.71. The third-order valence-corrected chi connectivity index (χ3v) is 13.5. The van der Waals surface area contributed by atoms with E-state index in [2.05, 4.69) is 41.7 Å². The fourth-order valence-corrected chi connectivity index (χ4v) is 9.78. The highest BCUT2D eigenvalue weighted by molar-refractivity contribution is 7.90. The van der Waals surface area contributed by atoms with Crippen LogP contribution in [0, 0.1) is 27.4 Å². The molecule has 8 rings (SSSR count). The molecule has 54 heavy (non-hydrogen) atoms. The van der Waals surface area contributed by atoms with Crippen LogP contribution in [0.15, 0.2) is 59.9 Å². The van der Waals surface area contributed by atoms with Gasteiger partial charge in [-0.3, -0.25) is 19.8 Å². The normalized spacial score (nSPS) is 21.9. The van der Waals surface area contributed by atoms with Gasteiger partial charge in [0.2, 0.25) is 5.82 Å². The van der Waals surface area contributed by atoms with Crippen molar-refractivity contribution in [3.63, 3.8) is 0 Å². The van der Waals surface area contributed by atoms with Gasteiger partial charge in [-0.05, 0) is 80.0 Å². The van der Waals surface area contributed by atoms with Crippen molar-refractivity contribution in [3.05, 3.63) is 70.7 Å². The Labute approximate surface area is 315 Å². The first-order valence-corrected chi connectivity index (χ1v) is 20.7. The Morgan fingerprint density at radius 3 is 2.52 bits per heavy atom. The zero-order valence-electron chi connectivity index (χ0n) is 30.6. The zero-order valence-corrected chi connectivity index (χ0v) is 31.4. The van der Waals surface area contributed by atoms with Gasteiger partial charge in [-0.15, -0.1) is 0 Å². The number of nitrogens with one attached hydrogen (secondary N) is 3. The van der Waals surface area contributed by atoms with E-state index in [0.29, 0.717) is 35.2 Å². The lowest BCUT2D eigenvalue weighted by Gasteiger charge is -2.56. The molecule has 1 aromatic carbocycles. The highest BCUT2D eigenvalue weighted by Crippen LogP contribution is 2.45. The summed E-state index contributed by atoms with van der Waals surface area (Å²) in [5, 5.41) is 15.9. The molecule has 1 spiro atoms. The van der Waals surface area contributed by atoms with Crippen molar-refractivity contribution in [2.24, 2.45) is 17.3 Å². The number of carbonyl (C=O) groups excluding carboxylic acids is 1. The van der Waals surface area contributed by atoms with E-state index in [1.54, 1.807) is 24.4 Å². The number of carbonyl (C=O) groups is 1. The van der Waals surface area contributed by atoms with Crippen molar-refractivity contribution >= 4 is 44.2 Å². The minimum atomic E-state index is -4.56. The first kappa shape index (κ1) is 36.2. The van der Waals surface area contributed by atoms with E-state index in [0.717, 1.165) is 81.0 Å². The van der Waals surface area contributed by atoms with Crippen LogP contribution in [0.5, 0.6) is 11.5 Å². The van der Waals surface area contributed by atoms with Gasteiger partial charge in [0, 0.05) is 68.2 Å². The van der Waals surface area contributed by atoms with E-state index in [1.807, 2.05) is 12.1 Å². The summed E-state index contributed by atoms with van der Waals surface area (Å²) in [7, 11) is -4.56. The van der Waals surface area contributed by atoms with Gasteiger partial charge in [-0.25, -0.2) is 23.1 Å². The zero-order chi connectivity index (χ0) is 37.5. The maximum atomic E-state index is 13.8. The van der Waals surface area contributed by atoms with Crippen LogP contribution in [0.2, 0.25) is 0 Å². The smallest absolute Gasteiger partial charge is 0.312 e. The minimum Gasteiger partial charge on any atom is -0.455 e. The molecule has 286 valence electrons. The van der Waals surface area contributed by atoms with Crippen LogP contribution in [0.25, 0.3) is 11.0 Å². The number of amides is 1. The highest BCUT2D eigenvalue weighted by Gasteiger charge is 2.47. The lowest BCUT2D eigenvalue weighted by Crippen LogP contribution is -2.62. The number of ether oxygens (including phenoxy) is 1. The number of likely N-dealkylation sites (tertiary alicyclic amines) is 1. The van der Waals surface area contributed by atoms with Gasteiger partial charge in [0.25, 0.3) is 15.9 Å². The fraction of sp³-hybridized carbons (Fsp3) is 0.513. The number of hydrogen-bond acceptors (Lipinski definition) is 11. The Hall–Kier alpha value is -4.76.